The predicted octanol–water partition coefficient (Wildman–Crippen LogP) is 1.84. The van der Waals surface area contributed by atoms with Gasteiger partial charge in [0.25, 0.3) is 0 Å². The topological polar surface area (TPSA) is 52.3 Å². The van der Waals surface area contributed by atoms with Crippen LogP contribution in [0.3, 0.4) is 0 Å². The molecule has 0 atom stereocenters. The van der Waals surface area contributed by atoms with Crippen molar-refractivity contribution >= 4 is 18.4 Å². The van der Waals surface area contributed by atoms with Crippen molar-refractivity contribution in [3.63, 3.8) is 0 Å². The van der Waals surface area contributed by atoms with Crippen LogP contribution in [0.15, 0.2) is 36.9 Å². The van der Waals surface area contributed by atoms with E-state index >= 15 is 0 Å². The Bertz CT molecular complexity index is 353. The van der Waals surface area contributed by atoms with Gasteiger partial charge < -0.3 is 10.5 Å². The molecule has 1 aromatic carbocycles. The summed E-state index contributed by atoms with van der Waals surface area (Å²) in [5.74, 6) is -0.384. The zero-order valence-corrected chi connectivity index (χ0v) is 9.83. The number of hydrogen-bond acceptors (Lipinski definition) is 3. The zero-order chi connectivity index (χ0) is 11.1. The second-order valence-electron chi connectivity index (χ2n) is 3.15. The average molecular weight is 242 g/mol. The van der Waals surface area contributed by atoms with Gasteiger partial charge in [-0.3, -0.25) is 0 Å². The fourth-order valence-electron chi connectivity index (χ4n) is 1.24. The molecule has 0 fully saturated rings. The van der Waals surface area contributed by atoms with Crippen LogP contribution in [-0.2, 0) is 22.5 Å². The number of nitrogens with two attached hydrogens (primary N) is 1. The molecule has 16 heavy (non-hydrogen) atoms. The first-order valence-corrected chi connectivity index (χ1v) is 4.83. The van der Waals surface area contributed by atoms with E-state index in [-0.39, 0.29) is 18.4 Å². The SMILES string of the molecule is C=CC(=O)OCCc1cccc(CN)c1.Cl. The van der Waals surface area contributed by atoms with Crippen LogP contribution >= 0.6 is 12.4 Å². The minimum absolute atomic E-state index is 0. The van der Waals surface area contributed by atoms with E-state index in [2.05, 4.69) is 6.58 Å². The number of rotatable bonds is 5. The van der Waals surface area contributed by atoms with Crippen LogP contribution < -0.4 is 5.73 Å². The number of ether oxygens (including phenoxy) is 1. The summed E-state index contributed by atoms with van der Waals surface area (Å²) in [6.07, 6.45) is 1.86. The highest BCUT2D eigenvalue weighted by molar-refractivity contribution is 5.85. The third kappa shape index (κ3) is 4.96. The standard InChI is InChI=1S/C12H15NO2.ClH/c1-2-12(14)15-7-6-10-4-3-5-11(8-10)9-13;/h2-5,8H,1,6-7,9,13H2;1H. The Morgan fingerprint density at radius 1 is 1.44 bits per heavy atom. The molecule has 0 amide bonds. The molecule has 0 aliphatic rings. The largest absolute Gasteiger partial charge is 0.462 e. The van der Waals surface area contributed by atoms with E-state index < -0.39 is 0 Å². The summed E-state index contributed by atoms with van der Waals surface area (Å²) in [5, 5.41) is 0. The molecule has 0 radical (unpaired) electrons. The van der Waals surface area contributed by atoms with Crippen LogP contribution in [0.25, 0.3) is 0 Å². The van der Waals surface area contributed by atoms with Gasteiger partial charge in [0.2, 0.25) is 0 Å². The van der Waals surface area contributed by atoms with E-state index in [9.17, 15) is 4.79 Å². The molecule has 0 bridgehead atoms. The summed E-state index contributed by atoms with van der Waals surface area (Å²) in [6.45, 7) is 4.22. The van der Waals surface area contributed by atoms with Crippen molar-refractivity contribution in [1.29, 1.82) is 0 Å². The van der Waals surface area contributed by atoms with Gasteiger partial charge in [0.1, 0.15) is 0 Å². The van der Waals surface area contributed by atoms with Crippen molar-refractivity contribution in [2.24, 2.45) is 5.73 Å². The van der Waals surface area contributed by atoms with Crippen LogP contribution in [0.2, 0.25) is 0 Å². The minimum atomic E-state index is -0.384. The highest BCUT2D eigenvalue weighted by atomic mass is 35.5. The van der Waals surface area contributed by atoms with Crippen molar-refractivity contribution in [3.05, 3.63) is 48.0 Å². The second-order valence-corrected chi connectivity index (χ2v) is 3.15. The molecule has 4 heteroatoms. The van der Waals surface area contributed by atoms with E-state index in [0.717, 1.165) is 17.2 Å². The van der Waals surface area contributed by atoms with Gasteiger partial charge in [0.05, 0.1) is 6.61 Å². The van der Waals surface area contributed by atoms with Crippen molar-refractivity contribution in [2.45, 2.75) is 13.0 Å². The Morgan fingerprint density at radius 3 is 2.75 bits per heavy atom. The summed E-state index contributed by atoms with van der Waals surface area (Å²) in [7, 11) is 0. The molecular formula is C12H16ClNO2. The van der Waals surface area contributed by atoms with E-state index in [4.69, 9.17) is 10.5 Å². The maximum atomic E-state index is 10.8. The van der Waals surface area contributed by atoms with Crippen LogP contribution in [0, 0.1) is 0 Å². The molecule has 88 valence electrons. The molecule has 0 aromatic heterocycles. The van der Waals surface area contributed by atoms with Crippen LogP contribution in [-0.4, -0.2) is 12.6 Å². The van der Waals surface area contributed by atoms with Crippen molar-refractivity contribution < 1.29 is 9.53 Å². The third-order valence-electron chi connectivity index (χ3n) is 2.03. The lowest BCUT2D eigenvalue weighted by atomic mass is 10.1. The number of benzene rings is 1. The molecule has 0 aliphatic heterocycles. The third-order valence-corrected chi connectivity index (χ3v) is 2.03. The lowest BCUT2D eigenvalue weighted by Crippen LogP contribution is -2.05. The van der Waals surface area contributed by atoms with Crippen molar-refractivity contribution in [3.8, 4) is 0 Å². The van der Waals surface area contributed by atoms with E-state index in [1.165, 1.54) is 0 Å². The maximum Gasteiger partial charge on any atom is 0.330 e. The quantitative estimate of drug-likeness (QED) is 0.632. The van der Waals surface area contributed by atoms with Crippen LogP contribution in [0.5, 0.6) is 0 Å². The average Bonchev–Trinajstić information content (AvgIpc) is 2.29. The molecule has 0 spiro atoms. The lowest BCUT2D eigenvalue weighted by molar-refractivity contribution is -0.137. The highest BCUT2D eigenvalue weighted by Crippen LogP contribution is 2.05. The van der Waals surface area contributed by atoms with E-state index in [0.29, 0.717) is 19.6 Å². The van der Waals surface area contributed by atoms with Gasteiger partial charge in [0, 0.05) is 19.0 Å². The summed E-state index contributed by atoms with van der Waals surface area (Å²) in [4.78, 5) is 10.8. The summed E-state index contributed by atoms with van der Waals surface area (Å²) in [6, 6.07) is 7.93. The lowest BCUT2D eigenvalue weighted by Gasteiger charge is -2.04. The second kappa shape index (κ2) is 7.91. The smallest absolute Gasteiger partial charge is 0.330 e. The van der Waals surface area contributed by atoms with Gasteiger partial charge >= 0.3 is 5.97 Å². The molecular weight excluding hydrogens is 226 g/mol. The first-order chi connectivity index (χ1) is 7.26. The molecule has 1 aromatic rings. The van der Waals surface area contributed by atoms with Gasteiger partial charge in [-0.25, -0.2) is 4.79 Å². The Labute approximate surface area is 102 Å². The fraction of sp³-hybridized carbons (Fsp3) is 0.250. The molecule has 3 nitrogen and oxygen atoms in total. The summed E-state index contributed by atoms with van der Waals surface area (Å²) < 4.78 is 4.88. The van der Waals surface area contributed by atoms with Crippen molar-refractivity contribution in [1.82, 2.24) is 0 Å². The molecule has 0 saturated carbocycles. The number of carbonyl (C=O) groups is 1. The highest BCUT2D eigenvalue weighted by Gasteiger charge is 1.98. The first-order valence-electron chi connectivity index (χ1n) is 4.83. The number of hydrogen-bond donors (Lipinski definition) is 1. The predicted molar refractivity (Wildman–Crippen MR) is 66.4 cm³/mol. The number of halogens is 1. The van der Waals surface area contributed by atoms with E-state index in [1.807, 2.05) is 24.3 Å². The van der Waals surface area contributed by atoms with Gasteiger partial charge in [-0.15, -0.1) is 12.4 Å². The first kappa shape index (κ1) is 14.7. The van der Waals surface area contributed by atoms with Gasteiger partial charge in [-0.2, -0.15) is 0 Å². The Balaban J connectivity index is 0.00000225. The minimum Gasteiger partial charge on any atom is -0.462 e. The molecule has 0 heterocycles. The Morgan fingerprint density at radius 2 is 2.12 bits per heavy atom. The monoisotopic (exact) mass is 241 g/mol. The van der Waals surface area contributed by atoms with E-state index in [1.54, 1.807) is 0 Å². The van der Waals surface area contributed by atoms with Gasteiger partial charge in [-0.1, -0.05) is 30.8 Å². The molecule has 0 saturated heterocycles. The molecule has 1 rings (SSSR count). The maximum absolute atomic E-state index is 10.8. The van der Waals surface area contributed by atoms with Crippen LogP contribution in [0.1, 0.15) is 11.1 Å². The Kier molecular flexibility index (Phi) is 7.25. The molecule has 0 aliphatic carbocycles. The summed E-state index contributed by atoms with van der Waals surface area (Å²) in [5.41, 5.74) is 7.72. The summed E-state index contributed by atoms with van der Waals surface area (Å²) >= 11 is 0. The molecule has 0 unspecified atom stereocenters. The van der Waals surface area contributed by atoms with Gasteiger partial charge in [-0.05, 0) is 11.1 Å². The van der Waals surface area contributed by atoms with Gasteiger partial charge in [0.15, 0.2) is 0 Å². The number of esters is 1. The normalized spacial score (nSPS) is 9.06. The number of carbonyl (C=O) groups excluding carboxylic acids is 1. The van der Waals surface area contributed by atoms with Crippen LogP contribution in [0.4, 0.5) is 0 Å². The fourth-order valence-corrected chi connectivity index (χ4v) is 1.24. The molecule has 2 N–H and O–H groups in total. The zero-order valence-electron chi connectivity index (χ0n) is 9.02. The van der Waals surface area contributed by atoms with Crippen molar-refractivity contribution in [2.75, 3.05) is 6.61 Å². The Hall–Kier alpha value is -1.32.